The first-order valence-corrected chi connectivity index (χ1v) is 9.98. The summed E-state index contributed by atoms with van der Waals surface area (Å²) in [7, 11) is 0. The van der Waals surface area contributed by atoms with E-state index < -0.39 is 0 Å². The molecule has 130 valence electrons. The molecule has 0 aliphatic carbocycles. The molecule has 26 heavy (non-hydrogen) atoms. The number of thiazole rings is 2. The van der Waals surface area contributed by atoms with Crippen LogP contribution in [-0.4, -0.2) is 20.9 Å². The molecular formula is C19H16N4OS2. The van der Waals surface area contributed by atoms with Crippen LogP contribution in [0.2, 0.25) is 0 Å². The fourth-order valence-corrected chi connectivity index (χ4v) is 4.33. The van der Waals surface area contributed by atoms with Gasteiger partial charge in [-0.3, -0.25) is 9.78 Å². The highest BCUT2D eigenvalue weighted by molar-refractivity contribution is 7.18. The number of para-hydroxylation sites is 1. The second-order valence-electron chi connectivity index (χ2n) is 5.76. The lowest BCUT2D eigenvalue weighted by molar-refractivity contribution is -0.116. The fourth-order valence-electron chi connectivity index (χ4n) is 2.59. The smallest absolute Gasteiger partial charge is 0.226 e. The van der Waals surface area contributed by atoms with Gasteiger partial charge in [-0.1, -0.05) is 12.1 Å². The first-order valence-electron chi connectivity index (χ1n) is 8.28. The lowest BCUT2D eigenvalue weighted by Crippen LogP contribution is -2.11. The van der Waals surface area contributed by atoms with Crippen molar-refractivity contribution in [3.05, 3.63) is 59.2 Å². The number of fused-ring (bicyclic) bond motifs is 1. The van der Waals surface area contributed by atoms with E-state index in [1.807, 2.05) is 35.7 Å². The Morgan fingerprint density at radius 1 is 1.12 bits per heavy atom. The highest BCUT2D eigenvalue weighted by atomic mass is 32.1. The minimum atomic E-state index is -0.0156. The van der Waals surface area contributed by atoms with Crippen LogP contribution in [0.4, 0.5) is 5.13 Å². The van der Waals surface area contributed by atoms with Crippen molar-refractivity contribution in [3.63, 3.8) is 0 Å². The van der Waals surface area contributed by atoms with Gasteiger partial charge in [0.1, 0.15) is 0 Å². The Hall–Kier alpha value is -2.64. The van der Waals surface area contributed by atoms with Crippen LogP contribution < -0.4 is 5.32 Å². The van der Waals surface area contributed by atoms with E-state index in [0.29, 0.717) is 11.6 Å². The number of hydrogen-bond acceptors (Lipinski definition) is 6. The summed E-state index contributed by atoms with van der Waals surface area (Å²) < 4.78 is 1.19. The highest BCUT2D eigenvalue weighted by Gasteiger charge is 2.09. The van der Waals surface area contributed by atoms with Crippen molar-refractivity contribution in [1.29, 1.82) is 0 Å². The van der Waals surface area contributed by atoms with Gasteiger partial charge in [-0.25, -0.2) is 9.97 Å². The van der Waals surface area contributed by atoms with Crippen LogP contribution in [0, 0.1) is 0 Å². The van der Waals surface area contributed by atoms with Gasteiger partial charge in [0.2, 0.25) is 5.91 Å². The quantitative estimate of drug-likeness (QED) is 0.523. The summed E-state index contributed by atoms with van der Waals surface area (Å²) in [4.78, 5) is 25.3. The van der Waals surface area contributed by atoms with Crippen LogP contribution in [0.1, 0.15) is 17.8 Å². The third kappa shape index (κ3) is 3.95. The summed E-state index contributed by atoms with van der Waals surface area (Å²) >= 11 is 3.12. The molecule has 4 aromatic rings. The normalized spacial score (nSPS) is 10.9. The number of hydrogen-bond donors (Lipinski definition) is 1. The Morgan fingerprint density at radius 2 is 2.04 bits per heavy atom. The lowest BCUT2D eigenvalue weighted by Gasteiger charge is -2.00. The molecule has 0 saturated heterocycles. The van der Waals surface area contributed by atoms with Crippen molar-refractivity contribution in [2.45, 2.75) is 19.3 Å². The van der Waals surface area contributed by atoms with Gasteiger partial charge >= 0.3 is 0 Å². The van der Waals surface area contributed by atoms with Gasteiger partial charge < -0.3 is 5.32 Å². The zero-order valence-electron chi connectivity index (χ0n) is 13.9. The topological polar surface area (TPSA) is 67.8 Å². The second kappa shape index (κ2) is 7.72. The Kier molecular flexibility index (Phi) is 4.99. The number of anilines is 1. The Morgan fingerprint density at radius 3 is 2.88 bits per heavy atom. The van der Waals surface area contributed by atoms with E-state index in [0.717, 1.165) is 34.6 Å². The molecule has 0 bridgehead atoms. The molecule has 0 spiro atoms. The van der Waals surface area contributed by atoms with Crippen molar-refractivity contribution >= 4 is 43.9 Å². The number of nitrogens with zero attached hydrogens (tertiary/aromatic N) is 3. The first kappa shape index (κ1) is 16.8. The van der Waals surface area contributed by atoms with Gasteiger partial charge in [0.05, 0.1) is 20.9 Å². The third-order valence-corrected chi connectivity index (χ3v) is 5.69. The van der Waals surface area contributed by atoms with E-state index in [9.17, 15) is 4.79 Å². The average molecular weight is 380 g/mol. The lowest BCUT2D eigenvalue weighted by atomic mass is 10.2. The molecule has 3 heterocycles. The number of carbonyl (C=O) groups is 1. The molecule has 4 rings (SSSR count). The maximum Gasteiger partial charge on any atom is 0.226 e. The standard InChI is InChI=1S/C19H16N4OS2/c24-17(8-3-9-18-21-14-6-1-2-7-16(14)26-18)23-19-22-15(12-25-19)13-5-4-10-20-11-13/h1-2,4-7,10-12H,3,8-9H2,(H,22,23,24). The van der Waals surface area contributed by atoms with E-state index in [1.54, 1.807) is 23.7 Å². The number of amides is 1. The summed E-state index contributed by atoms with van der Waals surface area (Å²) in [5, 5.41) is 6.50. The van der Waals surface area contributed by atoms with Gasteiger partial charge in [0.25, 0.3) is 0 Å². The average Bonchev–Trinajstić information content (AvgIpc) is 3.29. The van der Waals surface area contributed by atoms with E-state index in [2.05, 4.69) is 26.3 Å². The zero-order valence-corrected chi connectivity index (χ0v) is 15.5. The molecular weight excluding hydrogens is 364 g/mol. The SMILES string of the molecule is O=C(CCCc1nc2ccccc2s1)Nc1nc(-c2cccnc2)cs1. The predicted octanol–water partition coefficient (Wildman–Crippen LogP) is 4.78. The summed E-state index contributed by atoms with van der Waals surface area (Å²) in [6.07, 6.45) is 5.53. The van der Waals surface area contributed by atoms with Gasteiger partial charge in [-0.15, -0.1) is 22.7 Å². The van der Waals surface area contributed by atoms with Crippen LogP contribution in [-0.2, 0) is 11.2 Å². The monoisotopic (exact) mass is 380 g/mol. The van der Waals surface area contributed by atoms with Crippen molar-refractivity contribution < 1.29 is 4.79 Å². The first-order chi connectivity index (χ1) is 12.8. The number of aryl methyl sites for hydroxylation is 1. The number of nitrogens with one attached hydrogen (secondary N) is 1. The van der Waals surface area contributed by atoms with Gasteiger partial charge in [-0.05, 0) is 37.1 Å². The number of carbonyl (C=O) groups excluding carboxylic acids is 1. The number of rotatable bonds is 6. The highest BCUT2D eigenvalue weighted by Crippen LogP contribution is 2.25. The van der Waals surface area contributed by atoms with Crippen LogP contribution in [0.5, 0.6) is 0 Å². The summed E-state index contributed by atoms with van der Waals surface area (Å²) in [6, 6.07) is 11.9. The molecule has 0 atom stereocenters. The predicted molar refractivity (Wildman–Crippen MR) is 107 cm³/mol. The van der Waals surface area contributed by atoms with Gasteiger partial charge in [0.15, 0.2) is 5.13 Å². The number of benzene rings is 1. The number of aromatic nitrogens is 3. The van der Waals surface area contributed by atoms with Crippen molar-refractivity contribution in [2.75, 3.05) is 5.32 Å². The van der Waals surface area contributed by atoms with Gasteiger partial charge in [-0.2, -0.15) is 0 Å². The third-order valence-electron chi connectivity index (χ3n) is 3.84. The van der Waals surface area contributed by atoms with Gasteiger partial charge in [0, 0.05) is 29.8 Å². The largest absolute Gasteiger partial charge is 0.302 e. The van der Waals surface area contributed by atoms with Crippen molar-refractivity contribution in [1.82, 2.24) is 15.0 Å². The summed E-state index contributed by atoms with van der Waals surface area (Å²) in [5.41, 5.74) is 2.80. The molecule has 7 heteroatoms. The number of pyridine rings is 1. The molecule has 0 radical (unpaired) electrons. The Labute approximate surface area is 158 Å². The molecule has 3 aromatic heterocycles. The maximum atomic E-state index is 12.1. The molecule has 0 aliphatic heterocycles. The Balaban J connectivity index is 1.29. The Bertz CT molecular complexity index is 993. The van der Waals surface area contributed by atoms with Crippen LogP contribution in [0.15, 0.2) is 54.2 Å². The van der Waals surface area contributed by atoms with Crippen LogP contribution in [0.3, 0.4) is 0 Å². The fraction of sp³-hybridized carbons (Fsp3) is 0.158. The van der Waals surface area contributed by atoms with Crippen molar-refractivity contribution in [2.24, 2.45) is 0 Å². The minimum absolute atomic E-state index is 0.0156. The van der Waals surface area contributed by atoms with Crippen molar-refractivity contribution in [3.8, 4) is 11.3 Å². The molecule has 0 fully saturated rings. The molecule has 0 saturated carbocycles. The molecule has 0 unspecified atom stereocenters. The second-order valence-corrected chi connectivity index (χ2v) is 7.73. The summed E-state index contributed by atoms with van der Waals surface area (Å²) in [5.74, 6) is -0.0156. The molecule has 1 N–H and O–H groups in total. The molecule has 1 aromatic carbocycles. The molecule has 1 amide bonds. The minimum Gasteiger partial charge on any atom is -0.302 e. The molecule has 0 aliphatic rings. The zero-order chi connectivity index (χ0) is 17.8. The van der Waals surface area contributed by atoms with E-state index in [4.69, 9.17) is 0 Å². The molecule has 5 nitrogen and oxygen atoms in total. The van der Waals surface area contributed by atoms with E-state index in [1.165, 1.54) is 16.0 Å². The summed E-state index contributed by atoms with van der Waals surface area (Å²) in [6.45, 7) is 0. The van der Waals surface area contributed by atoms with Crippen LogP contribution in [0.25, 0.3) is 21.5 Å². The van der Waals surface area contributed by atoms with Crippen LogP contribution >= 0.6 is 22.7 Å². The van der Waals surface area contributed by atoms with E-state index >= 15 is 0 Å². The van der Waals surface area contributed by atoms with E-state index in [-0.39, 0.29) is 5.91 Å². The maximum absolute atomic E-state index is 12.1.